The first-order chi connectivity index (χ1) is 9.58. The van der Waals surface area contributed by atoms with Crippen molar-refractivity contribution < 1.29 is 14.3 Å². The predicted octanol–water partition coefficient (Wildman–Crippen LogP) is -0.166. The molecule has 1 N–H and O–H groups in total. The van der Waals surface area contributed by atoms with Crippen molar-refractivity contribution in [3.8, 4) is 0 Å². The van der Waals surface area contributed by atoms with Crippen molar-refractivity contribution in [2.45, 2.75) is 38.8 Å². The van der Waals surface area contributed by atoms with Crippen LogP contribution in [-0.2, 0) is 14.3 Å². The van der Waals surface area contributed by atoms with Crippen molar-refractivity contribution in [3.05, 3.63) is 0 Å². The number of piperidine rings is 1. The van der Waals surface area contributed by atoms with E-state index in [1.807, 2.05) is 11.8 Å². The molecule has 0 aromatic carbocycles. The lowest BCUT2D eigenvalue weighted by Crippen LogP contribution is -2.55. The topological polar surface area (TPSA) is 61.9 Å². The molecule has 2 saturated heterocycles. The van der Waals surface area contributed by atoms with Gasteiger partial charge in [0.2, 0.25) is 11.8 Å². The molecule has 6 heteroatoms. The highest BCUT2D eigenvalue weighted by atomic mass is 16.5. The van der Waals surface area contributed by atoms with E-state index in [0.29, 0.717) is 26.3 Å². The van der Waals surface area contributed by atoms with Crippen molar-refractivity contribution in [1.29, 1.82) is 0 Å². The molecule has 114 valence electrons. The SMILES string of the molecule is CC(=O)N[C@H]1CCCN([C@@H](C)C(=O)N2CCOCC2)C1. The van der Waals surface area contributed by atoms with E-state index in [4.69, 9.17) is 4.74 Å². The van der Waals surface area contributed by atoms with Gasteiger partial charge in [-0.15, -0.1) is 0 Å². The van der Waals surface area contributed by atoms with E-state index in [2.05, 4.69) is 10.2 Å². The Hall–Kier alpha value is -1.14. The zero-order valence-electron chi connectivity index (χ0n) is 12.4. The monoisotopic (exact) mass is 283 g/mol. The van der Waals surface area contributed by atoms with Crippen LogP contribution in [0.2, 0.25) is 0 Å². The molecule has 6 nitrogen and oxygen atoms in total. The molecule has 2 amide bonds. The molecule has 0 aromatic rings. The fourth-order valence-corrected chi connectivity index (χ4v) is 2.97. The summed E-state index contributed by atoms with van der Waals surface area (Å²) < 4.78 is 5.28. The maximum absolute atomic E-state index is 12.5. The Morgan fingerprint density at radius 3 is 2.60 bits per heavy atom. The number of carbonyl (C=O) groups excluding carboxylic acids is 2. The number of rotatable bonds is 3. The molecular weight excluding hydrogens is 258 g/mol. The first-order valence-electron chi connectivity index (χ1n) is 7.45. The quantitative estimate of drug-likeness (QED) is 0.781. The summed E-state index contributed by atoms with van der Waals surface area (Å²) in [5, 5.41) is 2.96. The summed E-state index contributed by atoms with van der Waals surface area (Å²) in [4.78, 5) is 27.7. The third kappa shape index (κ3) is 3.93. The van der Waals surface area contributed by atoms with Crippen LogP contribution in [0.15, 0.2) is 0 Å². The maximum Gasteiger partial charge on any atom is 0.239 e. The number of ether oxygens (including phenoxy) is 1. The summed E-state index contributed by atoms with van der Waals surface area (Å²) in [6.07, 6.45) is 2.01. The smallest absolute Gasteiger partial charge is 0.239 e. The third-order valence-corrected chi connectivity index (χ3v) is 4.09. The number of morpholine rings is 1. The minimum absolute atomic E-state index is 0.00371. The first-order valence-corrected chi connectivity index (χ1v) is 7.45. The second-order valence-electron chi connectivity index (χ2n) is 5.65. The molecule has 0 aliphatic carbocycles. The highest BCUT2D eigenvalue weighted by Gasteiger charge is 2.30. The van der Waals surface area contributed by atoms with Crippen LogP contribution < -0.4 is 5.32 Å². The Balaban J connectivity index is 1.88. The molecule has 2 heterocycles. The van der Waals surface area contributed by atoms with E-state index in [1.54, 1.807) is 6.92 Å². The summed E-state index contributed by atoms with van der Waals surface area (Å²) in [6.45, 7) is 7.83. The van der Waals surface area contributed by atoms with Gasteiger partial charge in [0, 0.05) is 32.6 Å². The molecule has 0 unspecified atom stereocenters. The molecule has 2 aliphatic heterocycles. The van der Waals surface area contributed by atoms with E-state index in [1.165, 1.54) is 0 Å². The standard InChI is InChI=1S/C14H25N3O3/c1-11(14(19)16-6-8-20-9-7-16)17-5-3-4-13(10-17)15-12(2)18/h11,13H,3-10H2,1-2H3,(H,15,18)/t11-,13-/m0/s1. The minimum Gasteiger partial charge on any atom is -0.378 e. The molecule has 2 aliphatic rings. The van der Waals surface area contributed by atoms with Crippen LogP contribution in [0.1, 0.15) is 26.7 Å². The Bertz CT molecular complexity index is 356. The zero-order chi connectivity index (χ0) is 14.5. The van der Waals surface area contributed by atoms with E-state index in [9.17, 15) is 9.59 Å². The van der Waals surface area contributed by atoms with Crippen LogP contribution in [-0.4, -0.2) is 73.1 Å². The lowest BCUT2D eigenvalue weighted by atomic mass is 10.0. The van der Waals surface area contributed by atoms with Crippen LogP contribution in [0.25, 0.3) is 0 Å². The minimum atomic E-state index is -0.121. The van der Waals surface area contributed by atoms with E-state index in [0.717, 1.165) is 25.9 Å². The average molecular weight is 283 g/mol. The molecule has 2 rings (SSSR count). The van der Waals surface area contributed by atoms with Gasteiger partial charge in [-0.2, -0.15) is 0 Å². The Morgan fingerprint density at radius 1 is 1.25 bits per heavy atom. The normalized spacial score (nSPS) is 26.1. The zero-order valence-corrected chi connectivity index (χ0v) is 12.4. The van der Waals surface area contributed by atoms with Crippen molar-refractivity contribution >= 4 is 11.8 Å². The molecule has 20 heavy (non-hydrogen) atoms. The van der Waals surface area contributed by atoms with Gasteiger partial charge >= 0.3 is 0 Å². The summed E-state index contributed by atoms with van der Waals surface area (Å²) in [7, 11) is 0. The molecule has 0 bridgehead atoms. The van der Waals surface area contributed by atoms with Gasteiger partial charge in [-0.25, -0.2) is 0 Å². The predicted molar refractivity (Wildman–Crippen MR) is 75.3 cm³/mol. The third-order valence-electron chi connectivity index (χ3n) is 4.09. The number of amides is 2. The highest BCUT2D eigenvalue weighted by Crippen LogP contribution is 2.15. The van der Waals surface area contributed by atoms with Crippen molar-refractivity contribution in [2.24, 2.45) is 0 Å². The second-order valence-corrected chi connectivity index (χ2v) is 5.65. The number of hydrogen-bond acceptors (Lipinski definition) is 4. The van der Waals surface area contributed by atoms with E-state index < -0.39 is 0 Å². The van der Waals surface area contributed by atoms with Crippen molar-refractivity contribution in [3.63, 3.8) is 0 Å². The Kier molecular flexibility index (Phi) is 5.37. The molecule has 0 saturated carbocycles. The van der Waals surface area contributed by atoms with Crippen molar-refractivity contribution in [1.82, 2.24) is 15.1 Å². The number of hydrogen-bond donors (Lipinski definition) is 1. The van der Waals surface area contributed by atoms with Crippen molar-refractivity contribution in [2.75, 3.05) is 39.4 Å². The van der Waals surface area contributed by atoms with Gasteiger partial charge in [0.05, 0.1) is 19.3 Å². The van der Waals surface area contributed by atoms with Crippen LogP contribution in [0.5, 0.6) is 0 Å². The highest BCUT2D eigenvalue weighted by molar-refractivity contribution is 5.81. The molecule has 0 aromatic heterocycles. The van der Waals surface area contributed by atoms with Crippen LogP contribution in [0.3, 0.4) is 0 Å². The second kappa shape index (κ2) is 7.04. The molecule has 2 fully saturated rings. The van der Waals surface area contributed by atoms with Crippen LogP contribution in [0, 0.1) is 0 Å². The summed E-state index contributed by atoms with van der Waals surface area (Å²) in [6, 6.07) is 0.0471. The molecule has 0 spiro atoms. The van der Waals surface area contributed by atoms with Crippen LogP contribution >= 0.6 is 0 Å². The molecule has 2 atom stereocenters. The van der Waals surface area contributed by atoms with Gasteiger partial charge in [-0.05, 0) is 26.3 Å². The largest absolute Gasteiger partial charge is 0.378 e. The summed E-state index contributed by atoms with van der Waals surface area (Å²) in [5.41, 5.74) is 0. The van der Waals surface area contributed by atoms with E-state index in [-0.39, 0.29) is 23.9 Å². The Labute approximate surface area is 120 Å². The fraction of sp³-hybridized carbons (Fsp3) is 0.857. The van der Waals surface area contributed by atoms with Gasteiger partial charge in [-0.3, -0.25) is 14.5 Å². The summed E-state index contributed by atoms with van der Waals surface area (Å²) >= 11 is 0. The average Bonchev–Trinajstić information content (AvgIpc) is 2.46. The first kappa shape index (κ1) is 15.3. The van der Waals surface area contributed by atoms with Crippen LogP contribution in [0.4, 0.5) is 0 Å². The number of nitrogens with zero attached hydrogens (tertiary/aromatic N) is 2. The number of nitrogens with one attached hydrogen (secondary N) is 1. The van der Waals surface area contributed by atoms with Gasteiger partial charge in [0.1, 0.15) is 0 Å². The number of carbonyl (C=O) groups is 2. The Morgan fingerprint density at radius 2 is 1.95 bits per heavy atom. The number of likely N-dealkylation sites (tertiary alicyclic amines) is 1. The van der Waals surface area contributed by atoms with Gasteiger partial charge < -0.3 is 15.0 Å². The summed E-state index contributed by atoms with van der Waals surface area (Å²) in [5.74, 6) is 0.181. The molecule has 0 radical (unpaired) electrons. The van der Waals surface area contributed by atoms with E-state index >= 15 is 0 Å². The fourth-order valence-electron chi connectivity index (χ4n) is 2.97. The molecular formula is C14H25N3O3. The lowest BCUT2D eigenvalue weighted by molar-refractivity contribution is -0.141. The van der Waals surface area contributed by atoms with Gasteiger partial charge in [-0.1, -0.05) is 0 Å². The maximum atomic E-state index is 12.5. The van der Waals surface area contributed by atoms with Gasteiger partial charge in [0.15, 0.2) is 0 Å². The van der Waals surface area contributed by atoms with Gasteiger partial charge in [0.25, 0.3) is 0 Å². The lowest BCUT2D eigenvalue weighted by Gasteiger charge is -2.38.